The molecule has 1 aromatic heterocycles. The van der Waals surface area contributed by atoms with Crippen molar-refractivity contribution in [2.75, 3.05) is 13.2 Å². The number of halogens is 3. The molecule has 1 unspecified atom stereocenters. The Labute approximate surface area is 89.3 Å². The molecule has 0 aliphatic carbocycles. The van der Waals surface area contributed by atoms with Gasteiger partial charge < -0.3 is 5.32 Å². The number of hydrogen-bond acceptors (Lipinski definition) is 4. The SMILES string of the molecule is CC(NCCOC(F)(F)F)c1nccs1. The van der Waals surface area contributed by atoms with Gasteiger partial charge in [0.15, 0.2) is 0 Å². The van der Waals surface area contributed by atoms with E-state index in [1.165, 1.54) is 11.3 Å². The number of ether oxygens (including phenoxy) is 1. The van der Waals surface area contributed by atoms with Gasteiger partial charge in [0.25, 0.3) is 0 Å². The van der Waals surface area contributed by atoms with Crippen LogP contribution in [0.2, 0.25) is 0 Å². The van der Waals surface area contributed by atoms with Crippen LogP contribution in [0, 0.1) is 0 Å². The van der Waals surface area contributed by atoms with Crippen molar-refractivity contribution < 1.29 is 17.9 Å². The largest absolute Gasteiger partial charge is 0.522 e. The van der Waals surface area contributed by atoms with Crippen LogP contribution in [0.15, 0.2) is 11.6 Å². The highest BCUT2D eigenvalue weighted by Crippen LogP contribution is 2.16. The van der Waals surface area contributed by atoms with Crippen LogP contribution in [0.1, 0.15) is 18.0 Å². The van der Waals surface area contributed by atoms with E-state index in [-0.39, 0.29) is 19.2 Å². The minimum atomic E-state index is -4.55. The maximum absolute atomic E-state index is 11.6. The summed E-state index contributed by atoms with van der Waals surface area (Å²) in [6, 6.07) is -0.0539. The van der Waals surface area contributed by atoms with Gasteiger partial charge in [0.1, 0.15) is 5.01 Å². The Hall–Kier alpha value is -0.660. The van der Waals surface area contributed by atoms with Crippen molar-refractivity contribution in [3.8, 4) is 0 Å². The Morgan fingerprint density at radius 3 is 2.87 bits per heavy atom. The third-order valence-electron chi connectivity index (χ3n) is 1.64. The van der Waals surface area contributed by atoms with Crippen LogP contribution in [0.25, 0.3) is 0 Å². The summed E-state index contributed by atoms with van der Waals surface area (Å²) in [5.74, 6) is 0. The Morgan fingerprint density at radius 2 is 2.33 bits per heavy atom. The van der Waals surface area contributed by atoms with E-state index >= 15 is 0 Å². The molecule has 1 aromatic rings. The van der Waals surface area contributed by atoms with Gasteiger partial charge in [0.05, 0.1) is 12.6 Å². The van der Waals surface area contributed by atoms with Crippen molar-refractivity contribution in [3.63, 3.8) is 0 Å². The molecule has 0 aliphatic rings. The van der Waals surface area contributed by atoms with Gasteiger partial charge in [-0.25, -0.2) is 4.98 Å². The summed E-state index contributed by atoms with van der Waals surface area (Å²) in [6.45, 7) is 1.59. The molecule has 0 saturated carbocycles. The van der Waals surface area contributed by atoms with Crippen molar-refractivity contribution >= 4 is 11.3 Å². The molecule has 0 spiro atoms. The maximum Gasteiger partial charge on any atom is 0.522 e. The van der Waals surface area contributed by atoms with Gasteiger partial charge in [0.2, 0.25) is 0 Å². The lowest BCUT2D eigenvalue weighted by Crippen LogP contribution is -2.26. The highest BCUT2D eigenvalue weighted by atomic mass is 32.1. The van der Waals surface area contributed by atoms with E-state index in [9.17, 15) is 13.2 Å². The topological polar surface area (TPSA) is 34.1 Å². The molecule has 1 rings (SSSR count). The summed E-state index contributed by atoms with van der Waals surface area (Å²) < 4.78 is 38.4. The normalized spacial score (nSPS) is 14.1. The molecule has 1 heterocycles. The maximum atomic E-state index is 11.6. The molecule has 0 aliphatic heterocycles. The Morgan fingerprint density at radius 1 is 1.60 bits per heavy atom. The van der Waals surface area contributed by atoms with E-state index in [0.717, 1.165) is 5.01 Å². The molecule has 3 nitrogen and oxygen atoms in total. The molecule has 86 valence electrons. The highest BCUT2D eigenvalue weighted by Gasteiger charge is 2.28. The number of aromatic nitrogens is 1. The van der Waals surface area contributed by atoms with E-state index < -0.39 is 6.36 Å². The number of hydrogen-bond donors (Lipinski definition) is 1. The average molecular weight is 240 g/mol. The van der Waals surface area contributed by atoms with Crippen LogP contribution in [0.4, 0.5) is 13.2 Å². The molecule has 0 bridgehead atoms. The third-order valence-corrected chi connectivity index (χ3v) is 2.60. The van der Waals surface area contributed by atoms with Crippen molar-refractivity contribution in [1.29, 1.82) is 0 Å². The Bertz CT molecular complexity index is 276. The molecule has 0 amide bonds. The molecule has 15 heavy (non-hydrogen) atoms. The number of nitrogens with one attached hydrogen (secondary N) is 1. The van der Waals surface area contributed by atoms with Crippen LogP contribution in [-0.2, 0) is 4.74 Å². The summed E-state index contributed by atoms with van der Waals surface area (Å²) in [6.07, 6.45) is -2.89. The van der Waals surface area contributed by atoms with E-state index in [4.69, 9.17) is 0 Å². The first-order valence-electron chi connectivity index (χ1n) is 4.32. The molecular formula is C8H11F3N2OS. The summed E-state index contributed by atoms with van der Waals surface area (Å²) in [5, 5.41) is 5.55. The molecule has 0 aromatic carbocycles. The van der Waals surface area contributed by atoms with Gasteiger partial charge in [0, 0.05) is 18.1 Å². The van der Waals surface area contributed by atoms with Gasteiger partial charge >= 0.3 is 6.36 Å². The molecular weight excluding hydrogens is 229 g/mol. The average Bonchev–Trinajstić information content (AvgIpc) is 2.63. The predicted octanol–water partition coefficient (Wildman–Crippen LogP) is 2.33. The minimum absolute atomic E-state index is 0.0539. The zero-order valence-corrected chi connectivity index (χ0v) is 8.86. The number of alkyl halides is 3. The van der Waals surface area contributed by atoms with Crippen LogP contribution >= 0.6 is 11.3 Å². The van der Waals surface area contributed by atoms with Crippen LogP contribution in [0.3, 0.4) is 0 Å². The van der Waals surface area contributed by atoms with Crippen molar-refractivity contribution in [3.05, 3.63) is 16.6 Å². The lowest BCUT2D eigenvalue weighted by Gasteiger charge is -2.12. The Kier molecular flexibility index (Phi) is 4.49. The van der Waals surface area contributed by atoms with E-state index in [0.29, 0.717) is 0 Å². The predicted molar refractivity (Wildman–Crippen MR) is 50.5 cm³/mol. The van der Waals surface area contributed by atoms with Gasteiger partial charge in [-0.2, -0.15) is 0 Å². The van der Waals surface area contributed by atoms with Crippen molar-refractivity contribution in [2.45, 2.75) is 19.3 Å². The molecule has 0 radical (unpaired) electrons. The molecule has 7 heteroatoms. The van der Waals surface area contributed by atoms with E-state index in [1.807, 2.05) is 12.3 Å². The first-order chi connectivity index (χ1) is 6.99. The second-order valence-corrected chi connectivity index (χ2v) is 3.77. The smallest absolute Gasteiger partial charge is 0.306 e. The first-order valence-corrected chi connectivity index (χ1v) is 5.20. The van der Waals surface area contributed by atoms with E-state index in [1.54, 1.807) is 6.20 Å². The fraction of sp³-hybridized carbons (Fsp3) is 0.625. The van der Waals surface area contributed by atoms with Gasteiger partial charge in [-0.3, -0.25) is 4.74 Å². The lowest BCUT2D eigenvalue weighted by atomic mass is 10.3. The molecule has 1 atom stereocenters. The standard InChI is InChI=1S/C8H11F3N2OS/c1-6(7-13-3-5-15-7)12-2-4-14-8(9,10)11/h3,5-6,12H,2,4H2,1H3. The lowest BCUT2D eigenvalue weighted by molar-refractivity contribution is -0.323. The first kappa shape index (κ1) is 12.4. The highest BCUT2D eigenvalue weighted by molar-refractivity contribution is 7.09. The van der Waals surface area contributed by atoms with Crippen molar-refractivity contribution in [1.82, 2.24) is 10.3 Å². The van der Waals surface area contributed by atoms with Gasteiger partial charge in [-0.1, -0.05) is 0 Å². The van der Waals surface area contributed by atoms with Crippen LogP contribution < -0.4 is 5.32 Å². The fourth-order valence-corrected chi connectivity index (χ4v) is 1.65. The molecule has 0 saturated heterocycles. The summed E-state index contributed by atoms with van der Waals surface area (Å²) >= 11 is 1.46. The van der Waals surface area contributed by atoms with Gasteiger partial charge in [-0.05, 0) is 6.92 Å². The quantitative estimate of drug-likeness (QED) is 0.802. The van der Waals surface area contributed by atoms with Crippen LogP contribution in [-0.4, -0.2) is 24.5 Å². The van der Waals surface area contributed by atoms with Crippen molar-refractivity contribution in [2.24, 2.45) is 0 Å². The zero-order valence-electron chi connectivity index (χ0n) is 8.04. The monoisotopic (exact) mass is 240 g/mol. The minimum Gasteiger partial charge on any atom is -0.306 e. The zero-order chi connectivity index (χ0) is 11.3. The van der Waals surface area contributed by atoms with E-state index in [2.05, 4.69) is 15.0 Å². The third kappa shape index (κ3) is 5.10. The summed E-state index contributed by atoms with van der Waals surface area (Å²) in [7, 11) is 0. The molecule has 1 N–H and O–H groups in total. The Balaban J connectivity index is 2.16. The fourth-order valence-electron chi connectivity index (χ4n) is 0.978. The van der Waals surface area contributed by atoms with Gasteiger partial charge in [-0.15, -0.1) is 24.5 Å². The summed E-state index contributed by atoms with van der Waals surface area (Å²) in [4.78, 5) is 4.04. The second kappa shape index (κ2) is 5.43. The number of rotatable bonds is 5. The second-order valence-electron chi connectivity index (χ2n) is 2.84. The number of thiazole rings is 1. The molecule has 0 fully saturated rings. The number of nitrogens with zero attached hydrogens (tertiary/aromatic N) is 1. The van der Waals surface area contributed by atoms with Crippen LogP contribution in [0.5, 0.6) is 0 Å². The summed E-state index contributed by atoms with van der Waals surface area (Å²) in [5.41, 5.74) is 0.